The molecule has 0 aliphatic heterocycles. The van der Waals surface area contributed by atoms with Crippen molar-refractivity contribution in [2.24, 2.45) is 0 Å². The molecule has 0 amide bonds. The van der Waals surface area contributed by atoms with E-state index in [4.69, 9.17) is 5.10 Å². The van der Waals surface area contributed by atoms with Gasteiger partial charge in [-0.3, -0.25) is 9.48 Å². The molecular weight excluding hydrogens is 304 g/mol. The first-order valence-corrected chi connectivity index (χ1v) is 8.21. The molecule has 0 saturated carbocycles. The smallest absolute Gasteiger partial charge is 0.160 e. The topological polar surface area (TPSA) is 34.9 Å². The lowest BCUT2D eigenvalue weighted by Crippen LogP contribution is -2.01. The lowest BCUT2D eigenvalue weighted by molar-refractivity contribution is 0.112. The van der Waals surface area contributed by atoms with Crippen molar-refractivity contribution in [2.45, 2.75) is 6.54 Å². The molecule has 0 aliphatic rings. The minimum Gasteiger partial charge on any atom is -0.297 e. The van der Waals surface area contributed by atoms with E-state index in [0.717, 1.165) is 39.2 Å². The maximum atomic E-state index is 10.9. The van der Waals surface area contributed by atoms with Crippen molar-refractivity contribution in [2.75, 3.05) is 0 Å². The quantitative estimate of drug-likeness (QED) is 0.514. The van der Waals surface area contributed by atoms with E-state index in [-0.39, 0.29) is 0 Å². The van der Waals surface area contributed by atoms with Crippen LogP contribution >= 0.6 is 11.3 Å². The molecule has 0 radical (unpaired) electrons. The molecule has 0 N–H and O–H groups in total. The number of aldehydes is 1. The van der Waals surface area contributed by atoms with E-state index in [1.54, 1.807) is 0 Å². The fourth-order valence-corrected chi connectivity index (χ4v) is 3.55. The van der Waals surface area contributed by atoms with Gasteiger partial charge in [0.1, 0.15) is 5.69 Å². The minimum absolute atomic E-state index is 0.724. The Hall–Kier alpha value is -2.72. The van der Waals surface area contributed by atoms with Crippen LogP contribution in [0.3, 0.4) is 0 Å². The number of para-hydroxylation sites is 1. The van der Waals surface area contributed by atoms with Crippen LogP contribution in [0.2, 0.25) is 0 Å². The molecule has 2 heterocycles. The second-order valence-electron chi connectivity index (χ2n) is 5.33. The zero-order valence-corrected chi connectivity index (χ0v) is 13.2. The average molecular weight is 318 g/mol. The van der Waals surface area contributed by atoms with Crippen molar-refractivity contribution in [3.63, 3.8) is 0 Å². The van der Waals surface area contributed by atoms with Crippen LogP contribution in [-0.2, 0) is 6.54 Å². The minimum atomic E-state index is 0.724. The zero-order chi connectivity index (χ0) is 15.6. The summed E-state index contributed by atoms with van der Waals surface area (Å²) in [6.07, 6.45) is 0.886. The third-order valence-electron chi connectivity index (χ3n) is 3.81. The Bertz CT molecular complexity index is 969. The summed E-state index contributed by atoms with van der Waals surface area (Å²) in [6, 6.07) is 22.3. The van der Waals surface area contributed by atoms with Gasteiger partial charge in [0, 0.05) is 5.39 Å². The first-order chi connectivity index (χ1) is 11.3. The summed E-state index contributed by atoms with van der Waals surface area (Å²) in [5, 5.41) is 5.93. The van der Waals surface area contributed by atoms with Gasteiger partial charge in [-0.15, -0.1) is 11.3 Å². The van der Waals surface area contributed by atoms with Gasteiger partial charge in [0.05, 0.1) is 21.8 Å². The molecule has 4 aromatic rings. The fraction of sp³-hybridized carbons (Fsp3) is 0.0526. The van der Waals surface area contributed by atoms with Gasteiger partial charge >= 0.3 is 0 Å². The highest BCUT2D eigenvalue weighted by atomic mass is 32.1. The molecule has 23 heavy (non-hydrogen) atoms. The van der Waals surface area contributed by atoms with Crippen LogP contribution in [0.15, 0.2) is 66.7 Å². The molecule has 2 aromatic heterocycles. The standard InChI is InChI=1S/C19H14N2OS/c22-13-15-10-11-18(23-15)19-16-8-4-5-9-17(16)21(20-19)12-14-6-2-1-3-7-14/h1-11,13H,12H2. The van der Waals surface area contributed by atoms with Crippen LogP contribution in [0.5, 0.6) is 0 Å². The van der Waals surface area contributed by atoms with Gasteiger partial charge in [0.25, 0.3) is 0 Å². The Morgan fingerprint density at radius 2 is 1.74 bits per heavy atom. The largest absolute Gasteiger partial charge is 0.297 e. The molecule has 4 heteroatoms. The third-order valence-corrected chi connectivity index (χ3v) is 4.83. The number of fused-ring (bicyclic) bond motifs is 1. The third kappa shape index (κ3) is 2.58. The highest BCUT2D eigenvalue weighted by molar-refractivity contribution is 7.17. The van der Waals surface area contributed by atoms with E-state index in [1.165, 1.54) is 16.9 Å². The van der Waals surface area contributed by atoms with Gasteiger partial charge in [0.2, 0.25) is 0 Å². The lowest BCUT2D eigenvalue weighted by Gasteiger charge is -2.03. The van der Waals surface area contributed by atoms with E-state index in [9.17, 15) is 4.79 Å². The SMILES string of the molecule is O=Cc1ccc(-c2nn(Cc3ccccc3)c3ccccc23)s1. The Kier molecular flexibility index (Phi) is 3.52. The monoisotopic (exact) mass is 318 g/mol. The molecule has 0 aliphatic carbocycles. The van der Waals surface area contributed by atoms with Crippen LogP contribution in [0.4, 0.5) is 0 Å². The maximum Gasteiger partial charge on any atom is 0.160 e. The number of hydrogen-bond acceptors (Lipinski definition) is 3. The van der Waals surface area contributed by atoms with Gasteiger partial charge in [-0.25, -0.2) is 0 Å². The van der Waals surface area contributed by atoms with Crippen LogP contribution in [-0.4, -0.2) is 16.1 Å². The molecule has 0 fully saturated rings. The van der Waals surface area contributed by atoms with Crippen molar-refractivity contribution < 1.29 is 4.79 Å². The van der Waals surface area contributed by atoms with E-state index in [1.807, 2.05) is 47.1 Å². The van der Waals surface area contributed by atoms with Crippen LogP contribution in [0.1, 0.15) is 15.2 Å². The number of rotatable bonds is 4. The number of thiophene rings is 1. The molecule has 3 nitrogen and oxygen atoms in total. The Balaban J connectivity index is 1.84. The summed E-state index contributed by atoms with van der Waals surface area (Å²) < 4.78 is 2.03. The molecule has 0 bridgehead atoms. The number of carbonyl (C=O) groups excluding carboxylic acids is 1. The summed E-state index contributed by atoms with van der Waals surface area (Å²) in [6.45, 7) is 0.729. The van der Waals surface area contributed by atoms with Crippen molar-refractivity contribution in [3.8, 4) is 10.6 Å². The highest BCUT2D eigenvalue weighted by Gasteiger charge is 2.14. The fourth-order valence-electron chi connectivity index (χ4n) is 2.73. The zero-order valence-electron chi connectivity index (χ0n) is 12.3. The van der Waals surface area contributed by atoms with Gasteiger partial charge in [-0.05, 0) is 23.8 Å². The van der Waals surface area contributed by atoms with E-state index < -0.39 is 0 Å². The number of nitrogens with zero attached hydrogens (tertiary/aromatic N) is 2. The predicted molar refractivity (Wildman–Crippen MR) is 94.0 cm³/mol. The molecule has 0 unspecified atom stereocenters. The van der Waals surface area contributed by atoms with Crippen molar-refractivity contribution >= 4 is 28.5 Å². The van der Waals surface area contributed by atoms with Gasteiger partial charge in [0.15, 0.2) is 6.29 Å². The van der Waals surface area contributed by atoms with E-state index in [0.29, 0.717) is 0 Å². The Morgan fingerprint density at radius 1 is 0.957 bits per heavy atom. The van der Waals surface area contributed by atoms with Crippen molar-refractivity contribution in [1.29, 1.82) is 0 Å². The summed E-state index contributed by atoms with van der Waals surface area (Å²) in [7, 11) is 0. The number of benzene rings is 2. The molecule has 2 aromatic carbocycles. The molecular formula is C19H14N2OS. The predicted octanol–water partition coefficient (Wildman–Crippen LogP) is 4.63. The first-order valence-electron chi connectivity index (χ1n) is 7.40. The molecule has 4 rings (SSSR count). The molecule has 0 spiro atoms. The normalized spacial score (nSPS) is 11.0. The lowest BCUT2D eigenvalue weighted by atomic mass is 10.2. The van der Waals surface area contributed by atoms with Crippen LogP contribution in [0, 0.1) is 0 Å². The summed E-state index contributed by atoms with van der Waals surface area (Å²) in [5.74, 6) is 0. The van der Waals surface area contributed by atoms with Crippen molar-refractivity contribution in [1.82, 2.24) is 9.78 Å². The molecule has 0 atom stereocenters. The van der Waals surface area contributed by atoms with Gasteiger partial charge in [-0.2, -0.15) is 5.10 Å². The second kappa shape index (κ2) is 5.82. The molecule has 112 valence electrons. The summed E-state index contributed by atoms with van der Waals surface area (Å²) in [5.41, 5.74) is 3.26. The van der Waals surface area contributed by atoms with E-state index in [2.05, 4.69) is 24.3 Å². The maximum absolute atomic E-state index is 10.9. The average Bonchev–Trinajstić information content (AvgIpc) is 3.21. The summed E-state index contributed by atoms with van der Waals surface area (Å²) in [4.78, 5) is 12.7. The van der Waals surface area contributed by atoms with Gasteiger partial charge in [-0.1, -0.05) is 48.5 Å². The molecule has 0 saturated heterocycles. The second-order valence-corrected chi connectivity index (χ2v) is 6.44. The van der Waals surface area contributed by atoms with Crippen LogP contribution in [0.25, 0.3) is 21.5 Å². The number of aromatic nitrogens is 2. The number of carbonyl (C=O) groups is 1. The first kappa shape index (κ1) is 13.9. The summed E-state index contributed by atoms with van der Waals surface area (Å²) >= 11 is 1.48. The highest BCUT2D eigenvalue weighted by Crippen LogP contribution is 2.32. The Labute approximate surface area is 137 Å². The van der Waals surface area contributed by atoms with Crippen LogP contribution < -0.4 is 0 Å². The van der Waals surface area contributed by atoms with Gasteiger partial charge < -0.3 is 0 Å². The number of hydrogen-bond donors (Lipinski definition) is 0. The Morgan fingerprint density at radius 3 is 2.52 bits per heavy atom. The van der Waals surface area contributed by atoms with Crippen molar-refractivity contribution in [3.05, 3.63) is 77.2 Å². The van der Waals surface area contributed by atoms with E-state index >= 15 is 0 Å².